The van der Waals surface area contributed by atoms with E-state index in [-0.39, 0.29) is 23.1 Å². The van der Waals surface area contributed by atoms with Crippen LogP contribution < -0.4 is 10.9 Å². The summed E-state index contributed by atoms with van der Waals surface area (Å²) in [6.45, 7) is 3.58. The van der Waals surface area contributed by atoms with Gasteiger partial charge in [0.2, 0.25) is 5.91 Å². The lowest BCUT2D eigenvalue weighted by Gasteiger charge is -2.07. The maximum atomic E-state index is 13.6. The average Bonchev–Trinajstić information content (AvgIpc) is 3.39. The Morgan fingerprint density at radius 3 is 2.64 bits per heavy atom. The SMILES string of the molecule is CC(=O)Nc1sc2c(ccc(=O)n2CC2CC2)c1C(=O)c1ccc(F)c(C)c1. The second-order valence-corrected chi connectivity index (χ2v) is 8.22. The molecule has 1 amide bonds. The molecule has 144 valence electrons. The molecule has 0 unspecified atom stereocenters. The number of carbonyl (C=O) groups is 2. The topological polar surface area (TPSA) is 68.2 Å². The highest BCUT2D eigenvalue weighted by Gasteiger charge is 2.27. The van der Waals surface area contributed by atoms with E-state index < -0.39 is 0 Å². The minimum absolute atomic E-state index is 0.119. The maximum Gasteiger partial charge on any atom is 0.251 e. The summed E-state index contributed by atoms with van der Waals surface area (Å²) in [4.78, 5) is 38.1. The Balaban J connectivity index is 1.91. The van der Waals surface area contributed by atoms with Crippen molar-refractivity contribution in [1.29, 1.82) is 0 Å². The number of aromatic nitrogens is 1. The monoisotopic (exact) mass is 398 g/mol. The Morgan fingerprint density at radius 1 is 1.25 bits per heavy atom. The molecule has 5 nitrogen and oxygen atoms in total. The molecule has 0 radical (unpaired) electrons. The molecule has 3 aromatic rings. The largest absolute Gasteiger partial charge is 0.317 e. The molecule has 4 rings (SSSR count). The van der Waals surface area contributed by atoms with Crippen LogP contribution in [0.5, 0.6) is 0 Å². The average molecular weight is 398 g/mol. The second kappa shape index (κ2) is 6.98. The van der Waals surface area contributed by atoms with Crippen LogP contribution >= 0.6 is 11.3 Å². The number of anilines is 1. The number of pyridine rings is 1. The fourth-order valence-corrected chi connectivity index (χ4v) is 4.51. The molecule has 1 N–H and O–H groups in total. The molecule has 2 aromatic heterocycles. The summed E-state index contributed by atoms with van der Waals surface area (Å²) in [5.41, 5.74) is 0.930. The van der Waals surface area contributed by atoms with E-state index in [1.165, 1.54) is 42.5 Å². The minimum atomic E-state index is -0.382. The number of thiophene rings is 1. The molecular formula is C21H19FN2O3S. The molecular weight excluding hydrogens is 379 g/mol. The predicted molar refractivity (Wildman–Crippen MR) is 108 cm³/mol. The smallest absolute Gasteiger partial charge is 0.251 e. The Hall–Kier alpha value is -2.80. The zero-order valence-electron chi connectivity index (χ0n) is 15.5. The number of hydrogen-bond acceptors (Lipinski definition) is 4. The van der Waals surface area contributed by atoms with Crippen LogP contribution in [0.3, 0.4) is 0 Å². The van der Waals surface area contributed by atoms with Crippen molar-refractivity contribution in [3.8, 4) is 0 Å². The van der Waals surface area contributed by atoms with Gasteiger partial charge in [-0.2, -0.15) is 0 Å². The molecule has 0 spiro atoms. The number of fused-ring (bicyclic) bond motifs is 1. The van der Waals surface area contributed by atoms with Gasteiger partial charge < -0.3 is 5.32 Å². The number of halogens is 1. The number of amides is 1. The van der Waals surface area contributed by atoms with Gasteiger partial charge >= 0.3 is 0 Å². The number of hydrogen-bond donors (Lipinski definition) is 1. The van der Waals surface area contributed by atoms with E-state index >= 15 is 0 Å². The third-order valence-corrected chi connectivity index (χ3v) is 6.05. The highest BCUT2D eigenvalue weighted by Crippen LogP contribution is 2.38. The van der Waals surface area contributed by atoms with E-state index in [0.717, 1.165) is 12.8 Å². The first-order valence-corrected chi connectivity index (χ1v) is 9.91. The molecule has 28 heavy (non-hydrogen) atoms. The molecule has 0 bridgehead atoms. The first kappa shape index (κ1) is 18.6. The van der Waals surface area contributed by atoms with Crippen LogP contribution in [0.2, 0.25) is 0 Å². The fourth-order valence-electron chi connectivity index (χ4n) is 3.27. The second-order valence-electron chi connectivity index (χ2n) is 7.22. The van der Waals surface area contributed by atoms with Crippen molar-refractivity contribution in [3.63, 3.8) is 0 Å². The van der Waals surface area contributed by atoms with Crippen LogP contribution in [0.25, 0.3) is 10.2 Å². The predicted octanol–water partition coefficient (Wildman–Crippen LogP) is 4.11. The Morgan fingerprint density at radius 2 is 2.00 bits per heavy atom. The van der Waals surface area contributed by atoms with Crippen LogP contribution in [-0.4, -0.2) is 16.3 Å². The lowest BCUT2D eigenvalue weighted by Crippen LogP contribution is -2.19. The molecule has 1 fully saturated rings. The van der Waals surface area contributed by atoms with Gasteiger partial charge in [0.15, 0.2) is 5.78 Å². The highest BCUT2D eigenvalue weighted by molar-refractivity contribution is 7.23. The first-order valence-electron chi connectivity index (χ1n) is 9.10. The van der Waals surface area contributed by atoms with Crippen molar-refractivity contribution in [2.24, 2.45) is 5.92 Å². The van der Waals surface area contributed by atoms with Crippen LogP contribution in [0.1, 0.15) is 41.3 Å². The molecule has 7 heteroatoms. The van der Waals surface area contributed by atoms with E-state index in [4.69, 9.17) is 0 Å². The van der Waals surface area contributed by atoms with E-state index in [2.05, 4.69) is 5.32 Å². The summed E-state index contributed by atoms with van der Waals surface area (Å²) >= 11 is 1.23. The van der Waals surface area contributed by atoms with Gasteiger partial charge in [0, 0.05) is 30.5 Å². The fraction of sp³-hybridized carbons (Fsp3) is 0.286. The number of rotatable bonds is 5. The number of benzene rings is 1. The quantitative estimate of drug-likeness (QED) is 0.658. The van der Waals surface area contributed by atoms with Crippen molar-refractivity contribution in [1.82, 2.24) is 4.57 Å². The van der Waals surface area contributed by atoms with Crippen LogP contribution in [0.4, 0.5) is 9.39 Å². The molecule has 1 saturated carbocycles. The van der Waals surface area contributed by atoms with E-state index in [0.29, 0.717) is 44.4 Å². The first-order chi connectivity index (χ1) is 13.3. The number of nitrogens with one attached hydrogen (secondary N) is 1. The molecule has 0 atom stereocenters. The molecule has 1 aliphatic rings. The standard InChI is InChI=1S/C21H19FN2O3S/c1-11-9-14(5-7-16(11)22)19(27)18-15-6-8-17(26)24(10-13-3-4-13)21(15)28-20(18)23-12(2)25/h5-9,13H,3-4,10H2,1-2H3,(H,23,25). The van der Waals surface area contributed by atoms with Gasteiger partial charge in [-0.15, -0.1) is 0 Å². The Bertz CT molecular complexity index is 1170. The normalized spacial score (nSPS) is 13.7. The molecule has 1 aromatic carbocycles. The van der Waals surface area contributed by atoms with Crippen molar-refractivity contribution < 1.29 is 14.0 Å². The summed E-state index contributed by atoms with van der Waals surface area (Å²) in [5.74, 6) is -0.512. The number of aryl methyl sites for hydroxylation is 1. The Labute approximate surface area is 164 Å². The van der Waals surface area contributed by atoms with Gasteiger partial charge in [-0.1, -0.05) is 11.3 Å². The number of carbonyl (C=O) groups excluding carboxylic acids is 2. The maximum absolute atomic E-state index is 13.6. The summed E-state index contributed by atoms with van der Waals surface area (Å²) < 4.78 is 15.3. The van der Waals surface area contributed by atoms with E-state index in [1.54, 1.807) is 17.6 Å². The van der Waals surface area contributed by atoms with Crippen molar-refractivity contribution in [2.75, 3.05) is 5.32 Å². The zero-order valence-corrected chi connectivity index (χ0v) is 16.4. The summed E-state index contributed by atoms with van der Waals surface area (Å²) in [5, 5.41) is 3.76. The summed E-state index contributed by atoms with van der Waals surface area (Å²) in [6, 6.07) is 7.29. The van der Waals surface area contributed by atoms with Gasteiger partial charge in [-0.05, 0) is 55.5 Å². The van der Waals surface area contributed by atoms with Gasteiger partial charge in [0.1, 0.15) is 15.6 Å². The zero-order chi connectivity index (χ0) is 20.0. The number of nitrogens with zero attached hydrogens (tertiary/aromatic N) is 1. The van der Waals surface area contributed by atoms with Crippen LogP contribution in [0, 0.1) is 18.7 Å². The van der Waals surface area contributed by atoms with E-state index in [9.17, 15) is 18.8 Å². The van der Waals surface area contributed by atoms with Gasteiger partial charge in [-0.25, -0.2) is 4.39 Å². The lowest BCUT2D eigenvalue weighted by atomic mass is 10.0. The van der Waals surface area contributed by atoms with Crippen LogP contribution in [-0.2, 0) is 11.3 Å². The van der Waals surface area contributed by atoms with Gasteiger partial charge in [0.05, 0.1) is 5.56 Å². The molecule has 1 aliphatic carbocycles. The molecule has 0 saturated heterocycles. The third kappa shape index (κ3) is 3.38. The minimum Gasteiger partial charge on any atom is -0.317 e. The van der Waals surface area contributed by atoms with Crippen LogP contribution in [0.15, 0.2) is 35.1 Å². The summed E-state index contributed by atoms with van der Waals surface area (Å²) in [7, 11) is 0. The lowest BCUT2D eigenvalue weighted by molar-refractivity contribution is -0.114. The number of ketones is 1. The molecule has 0 aliphatic heterocycles. The third-order valence-electron chi connectivity index (χ3n) is 4.90. The van der Waals surface area contributed by atoms with Crippen molar-refractivity contribution in [3.05, 3.63) is 63.2 Å². The van der Waals surface area contributed by atoms with E-state index in [1.807, 2.05) is 0 Å². The van der Waals surface area contributed by atoms with Gasteiger partial charge in [0.25, 0.3) is 5.56 Å². The van der Waals surface area contributed by atoms with Crippen molar-refractivity contribution in [2.45, 2.75) is 33.2 Å². The molecule has 2 heterocycles. The van der Waals surface area contributed by atoms with Crippen molar-refractivity contribution >= 4 is 38.2 Å². The van der Waals surface area contributed by atoms with Gasteiger partial charge in [-0.3, -0.25) is 19.0 Å². The Kier molecular flexibility index (Phi) is 4.63. The highest BCUT2D eigenvalue weighted by atomic mass is 32.1. The summed E-state index contributed by atoms with van der Waals surface area (Å²) in [6.07, 6.45) is 2.18.